The summed E-state index contributed by atoms with van der Waals surface area (Å²) in [5.74, 6) is -0.231. The van der Waals surface area contributed by atoms with Gasteiger partial charge in [-0.3, -0.25) is 4.79 Å². The van der Waals surface area contributed by atoms with Crippen LogP contribution >= 0.6 is 0 Å². The lowest BCUT2D eigenvalue weighted by molar-refractivity contribution is -0.379. The number of carbonyl (C=O) groups is 1. The van der Waals surface area contributed by atoms with Crippen LogP contribution in [0.25, 0.3) is 0 Å². The second-order valence-corrected chi connectivity index (χ2v) is 32.8. The number of amides is 1. The second kappa shape index (κ2) is 68.2. The molecule has 1 amide bonds. The smallest absolute Gasteiger partial charge is 0.220 e. The summed E-state index contributed by atoms with van der Waals surface area (Å²) >= 11 is 0. The van der Waals surface area contributed by atoms with Gasteiger partial charge in [0.25, 0.3) is 0 Å². The van der Waals surface area contributed by atoms with Gasteiger partial charge in [0.1, 0.15) is 73.2 Å². The second-order valence-electron chi connectivity index (χ2n) is 32.8. The molecule has 0 spiro atoms. The zero-order valence-corrected chi connectivity index (χ0v) is 68.0. The molecular weight excluding hydrogens is 1350 g/mol. The van der Waals surface area contributed by atoms with E-state index in [-0.39, 0.29) is 18.9 Å². The van der Waals surface area contributed by atoms with Gasteiger partial charge in [-0.05, 0) is 12.8 Å². The van der Waals surface area contributed by atoms with E-state index in [1.54, 1.807) is 0 Å². The minimum Gasteiger partial charge on any atom is -0.394 e. The Balaban J connectivity index is 1.29. The molecule has 3 aliphatic heterocycles. The molecule has 17 atom stereocenters. The molecule has 0 aliphatic carbocycles. The third-order valence-corrected chi connectivity index (χ3v) is 23.2. The summed E-state index contributed by atoms with van der Waals surface area (Å²) in [6, 6.07) is -0.884. The molecule has 3 saturated heterocycles. The number of unbranched alkanes of at least 4 members (excludes halogenated alkanes) is 59. The van der Waals surface area contributed by atoms with Crippen molar-refractivity contribution >= 4 is 5.91 Å². The molecule has 0 aromatic heterocycles. The summed E-state index contributed by atoms with van der Waals surface area (Å²) in [4.78, 5) is 13.5. The van der Waals surface area contributed by atoms with Gasteiger partial charge in [-0.2, -0.15) is 0 Å². The molecule has 3 rings (SSSR count). The molecule has 0 aromatic rings. The molecule has 19 heteroatoms. The van der Waals surface area contributed by atoms with E-state index >= 15 is 0 Å². The quantitative estimate of drug-likeness (QED) is 0.0252. The standard InChI is InChI=1S/C87H169NO18/c1-3-5-7-9-11-13-15-17-19-21-23-25-27-28-29-30-31-32-33-34-35-36-37-38-39-40-41-43-45-47-49-51-53-55-57-59-61-63-65-75(93)88-70(71(92)64-62-60-58-56-54-52-50-48-46-44-42-26-24-22-20-18-16-14-12-10-8-6-4-2)69-101-85-81(99)78(96)83(73(67-90)103-85)106-87-82(100)79(97)84(74(68-91)104-87)105-86-80(98)77(95)76(94)72(66-89)102-86/h70-74,76-87,89-92,94-100H,3-69H2,1-2H3,(H,88,93). The fourth-order valence-corrected chi connectivity index (χ4v) is 16.0. The van der Waals surface area contributed by atoms with Crippen LogP contribution in [0.15, 0.2) is 0 Å². The summed E-state index contributed by atoms with van der Waals surface area (Å²) in [5.41, 5.74) is 0. The predicted molar refractivity (Wildman–Crippen MR) is 425 cm³/mol. The number of hydrogen-bond acceptors (Lipinski definition) is 18. The van der Waals surface area contributed by atoms with E-state index in [1.165, 1.54) is 340 Å². The van der Waals surface area contributed by atoms with Crippen molar-refractivity contribution in [3.8, 4) is 0 Å². The fraction of sp³-hybridized carbons (Fsp3) is 0.989. The van der Waals surface area contributed by atoms with Crippen LogP contribution in [0.2, 0.25) is 0 Å². The zero-order chi connectivity index (χ0) is 76.7. The number of rotatable bonds is 75. The van der Waals surface area contributed by atoms with Crippen LogP contribution in [-0.2, 0) is 33.2 Å². The van der Waals surface area contributed by atoms with Crippen LogP contribution < -0.4 is 5.32 Å². The molecule has 0 aromatic carbocycles. The maximum atomic E-state index is 13.5. The van der Waals surface area contributed by atoms with Crippen molar-refractivity contribution < 1.29 is 89.4 Å². The molecule has 3 aliphatic rings. The lowest BCUT2D eigenvalue weighted by atomic mass is 9.96. The molecule has 12 N–H and O–H groups in total. The molecule has 106 heavy (non-hydrogen) atoms. The first-order valence-corrected chi connectivity index (χ1v) is 45.3. The molecule has 3 fully saturated rings. The summed E-state index contributed by atoms with van der Waals surface area (Å²) in [6.45, 7) is 1.89. The predicted octanol–water partition coefficient (Wildman–Crippen LogP) is 16.9. The lowest BCUT2D eigenvalue weighted by Crippen LogP contribution is -2.66. The van der Waals surface area contributed by atoms with E-state index in [9.17, 15) is 61.0 Å². The SMILES string of the molecule is CCCCCCCCCCCCCCCCCCCCCCCCCCCCCCCCCCCCCCCCC(=O)NC(COC1OC(CO)C(OC2OC(CO)C(OC3OC(CO)C(O)C(O)C3O)C(O)C2O)C(O)C1O)C(O)CCCCCCCCCCCCCCCCCCCCCCCCC. The van der Waals surface area contributed by atoms with E-state index in [2.05, 4.69) is 19.2 Å². The summed E-state index contributed by atoms with van der Waals surface area (Å²) in [7, 11) is 0. The average molecular weight is 1520 g/mol. The van der Waals surface area contributed by atoms with Gasteiger partial charge in [0.2, 0.25) is 5.91 Å². The lowest BCUT2D eigenvalue weighted by Gasteiger charge is -2.48. The number of aliphatic hydroxyl groups excluding tert-OH is 11. The van der Waals surface area contributed by atoms with Crippen LogP contribution in [0, 0.1) is 0 Å². The molecular formula is C87H169NO18. The van der Waals surface area contributed by atoms with Crippen LogP contribution in [0.3, 0.4) is 0 Å². The van der Waals surface area contributed by atoms with Crippen LogP contribution in [0.4, 0.5) is 0 Å². The Labute approximate surface area is 646 Å². The minimum absolute atomic E-state index is 0.231. The van der Waals surface area contributed by atoms with Gasteiger partial charge in [0.15, 0.2) is 18.9 Å². The highest BCUT2D eigenvalue weighted by Crippen LogP contribution is 2.34. The van der Waals surface area contributed by atoms with Gasteiger partial charge in [-0.15, -0.1) is 0 Å². The van der Waals surface area contributed by atoms with Gasteiger partial charge in [0, 0.05) is 6.42 Å². The molecule has 17 unspecified atom stereocenters. The fourth-order valence-electron chi connectivity index (χ4n) is 16.0. The molecule has 19 nitrogen and oxygen atoms in total. The van der Waals surface area contributed by atoms with Crippen LogP contribution in [0.1, 0.15) is 418 Å². The largest absolute Gasteiger partial charge is 0.394 e. The summed E-state index contributed by atoms with van der Waals surface area (Å²) in [6.07, 6.45) is 55.2. The Morgan fingerprint density at radius 2 is 0.538 bits per heavy atom. The Hall–Kier alpha value is -1.21. The monoisotopic (exact) mass is 1520 g/mol. The first kappa shape index (κ1) is 99.0. The van der Waals surface area contributed by atoms with E-state index < -0.39 is 124 Å². The maximum absolute atomic E-state index is 13.5. The maximum Gasteiger partial charge on any atom is 0.220 e. The van der Waals surface area contributed by atoms with E-state index in [0.29, 0.717) is 12.8 Å². The van der Waals surface area contributed by atoms with Crippen LogP contribution in [-0.4, -0.2) is 193 Å². The average Bonchev–Trinajstić information content (AvgIpc) is 0.780. The van der Waals surface area contributed by atoms with Gasteiger partial charge < -0.3 is 89.9 Å². The van der Waals surface area contributed by atoms with Crippen molar-refractivity contribution in [1.82, 2.24) is 5.32 Å². The van der Waals surface area contributed by atoms with E-state index in [4.69, 9.17) is 28.4 Å². The van der Waals surface area contributed by atoms with Crippen molar-refractivity contribution in [1.29, 1.82) is 0 Å². The number of aliphatic hydroxyl groups is 11. The Morgan fingerprint density at radius 3 is 0.821 bits per heavy atom. The highest BCUT2D eigenvalue weighted by molar-refractivity contribution is 5.76. The van der Waals surface area contributed by atoms with Crippen molar-refractivity contribution in [2.75, 3.05) is 26.4 Å². The first-order valence-electron chi connectivity index (χ1n) is 45.3. The van der Waals surface area contributed by atoms with Gasteiger partial charge in [0.05, 0.1) is 38.6 Å². The number of nitrogens with one attached hydrogen (secondary N) is 1. The van der Waals surface area contributed by atoms with Crippen LogP contribution in [0.5, 0.6) is 0 Å². The zero-order valence-electron chi connectivity index (χ0n) is 68.0. The van der Waals surface area contributed by atoms with Gasteiger partial charge >= 0.3 is 0 Å². The molecule has 3 heterocycles. The highest BCUT2D eigenvalue weighted by Gasteiger charge is 2.54. The Bertz CT molecular complexity index is 1910. The number of ether oxygens (including phenoxy) is 6. The molecule has 0 radical (unpaired) electrons. The summed E-state index contributed by atoms with van der Waals surface area (Å²) in [5, 5.41) is 121. The van der Waals surface area contributed by atoms with Crippen molar-refractivity contribution in [2.45, 2.75) is 523 Å². The Kier molecular flexibility index (Phi) is 63.7. The normalized spacial score (nSPS) is 25.5. The third-order valence-electron chi connectivity index (χ3n) is 23.2. The van der Waals surface area contributed by atoms with Crippen molar-refractivity contribution in [3.05, 3.63) is 0 Å². The third kappa shape index (κ3) is 46.8. The van der Waals surface area contributed by atoms with Gasteiger partial charge in [-0.25, -0.2) is 0 Å². The van der Waals surface area contributed by atoms with E-state index in [1.807, 2.05) is 0 Å². The topological polar surface area (TPSA) is 307 Å². The van der Waals surface area contributed by atoms with Crippen molar-refractivity contribution in [3.63, 3.8) is 0 Å². The Morgan fingerprint density at radius 1 is 0.302 bits per heavy atom. The first-order chi connectivity index (χ1) is 51.8. The number of hydrogen-bond donors (Lipinski definition) is 12. The highest BCUT2D eigenvalue weighted by atomic mass is 16.8. The summed E-state index contributed by atoms with van der Waals surface area (Å²) < 4.78 is 34.6. The van der Waals surface area contributed by atoms with Crippen molar-refractivity contribution in [2.24, 2.45) is 0 Å². The van der Waals surface area contributed by atoms with E-state index in [0.717, 1.165) is 44.9 Å². The molecule has 0 saturated carbocycles. The molecule has 0 bridgehead atoms. The minimum atomic E-state index is -1.97. The number of carbonyl (C=O) groups excluding carboxylic acids is 1. The molecule has 630 valence electrons. The van der Waals surface area contributed by atoms with Gasteiger partial charge in [-0.1, -0.05) is 399 Å².